The van der Waals surface area contributed by atoms with E-state index in [4.69, 9.17) is 4.74 Å². The first-order valence-corrected chi connectivity index (χ1v) is 8.33. The number of esters is 1. The van der Waals surface area contributed by atoms with Gasteiger partial charge < -0.3 is 15.4 Å². The monoisotopic (exact) mass is 348 g/mol. The van der Waals surface area contributed by atoms with Crippen molar-refractivity contribution in [3.63, 3.8) is 0 Å². The summed E-state index contributed by atoms with van der Waals surface area (Å²) in [6, 6.07) is 18.2. The highest BCUT2D eigenvalue weighted by molar-refractivity contribution is 5.85. The number of ether oxygens (including phenoxy) is 1. The Morgan fingerprint density at radius 2 is 1.73 bits per heavy atom. The Labute approximate surface area is 152 Å². The quantitative estimate of drug-likeness (QED) is 0.815. The first kappa shape index (κ1) is 17.5. The molecule has 2 atom stereocenters. The fraction of sp³-hybridized carbons (Fsp3) is 0.143. The molecule has 2 amide bonds. The lowest BCUT2D eigenvalue weighted by Crippen LogP contribution is -2.55. The molecule has 5 heteroatoms. The summed E-state index contributed by atoms with van der Waals surface area (Å²) in [5.74, 6) is -1.13. The van der Waals surface area contributed by atoms with Crippen molar-refractivity contribution in [1.82, 2.24) is 10.6 Å². The minimum absolute atomic E-state index is 0.173. The van der Waals surface area contributed by atoms with Crippen molar-refractivity contribution >= 4 is 18.1 Å². The fourth-order valence-corrected chi connectivity index (χ4v) is 2.76. The second-order valence-corrected chi connectivity index (χ2v) is 5.99. The largest absolute Gasteiger partial charge is 0.460 e. The Morgan fingerprint density at radius 3 is 2.42 bits per heavy atom. The Morgan fingerprint density at radius 1 is 1.08 bits per heavy atom. The predicted molar refractivity (Wildman–Crippen MR) is 99.8 cm³/mol. The van der Waals surface area contributed by atoms with Crippen LogP contribution in [0.1, 0.15) is 11.1 Å². The van der Waals surface area contributed by atoms with E-state index in [9.17, 15) is 9.59 Å². The molecule has 2 aromatic rings. The van der Waals surface area contributed by atoms with E-state index in [1.165, 1.54) is 0 Å². The van der Waals surface area contributed by atoms with Crippen molar-refractivity contribution in [2.24, 2.45) is 5.92 Å². The minimum atomic E-state index is -0.698. The summed E-state index contributed by atoms with van der Waals surface area (Å²) in [6.45, 7) is 3.99. The van der Waals surface area contributed by atoms with Gasteiger partial charge in [0.15, 0.2) is 0 Å². The topological polar surface area (TPSA) is 67.4 Å². The summed E-state index contributed by atoms with van der Waals surface area (Å²) < 4.78 is 5.43. The second-order valence-electron chi connectivity index (χ2n) is 5.99. The Hall–Kier alpha value is -3.34. The van der Waals surface area contributed by atoms with Crippen LogP contribution in [0.2, 0.25) is 0 Å². The lowest BCUT2D eigenvalue weighted by molar-refractivity contribution is -0.149. The van der Waals surface area contributed by atoms with Crippen molar-refractivity contribution in [3.8, 4) is 0 Å². The molecular formula is C21H20N2O3. The normalized spacial score (nSPS) is 19.7. The van der Waals surface area contributed by atoms with Gasteiger partial charge in [-0.25, -0.2) is 4.79 Å². The molecule has 1 heterocycles. The van der Waals surface area contributed by atoms with Gasteiger partial charge in [-0.2, -0.15) is 0 Å². The van der Waals surface area contributed by atoms with Crippen LogP contribution in [0.25, 0.3) is 6.08 Å². The van der Waals surface area contributed by atoms with E-state index in [-0.39, 0.29) is 12.6 Å². The van der Waals surface area contributed by atoms with Crippen molar-refractivity contribution in [2.75, 3.05) is 0 Å². The maximum atomic E-state index is 12.6. The highest BCUT2D eigenvalue weighted by Crippen LogP contribution is 2.20. The summed E-state index contributed by atoms with van der Waals surface area (Å²) in [5.41, 5.74) is 2.20. The van der Waals surface area contributed by atoms with E-state index in [1.54, 1.807) is 6.08 Å². The van der Waals surface area contributed by atoms with E-state index in [1.807, 2.05) is 66.7 Å². The molecule has 2 N–H and O–H groups in total. The highest BCUT2D eigenvalue weighted by Gasteiger charge is 2.36. The number of amides is 2. The molecule has 0 spiro atoms. The van der Waals surface area contributed by atoms with Gasteiger partial charge in [0.1, 0.15) is 12.5 Å². The van der Waals surface area contributed by atoms with E-state index in [0.717, 1.165) is 11.1 Å². The smallest absolute Gasteiger partial charge is 0.319 e. The summed E-state index contributed by atoms with van der Waals surface area (Å²) in [4.78, 5) is 24.4. The summed E-state index contributed by atoms with van der Waals surface area (Å²) in [5, 5.41) is 5.31. The zero-order chi connectivity index (χ0) is 18.4. The van der Waals surface area contributed by atoms with Gasteiger partial charge >= 0.3 is 12.0 Å². The standard InChI is InChI=1S/C21H20N2O3/c1-15-19(20(24)26-14-17-10-6-3-7-11-17)18(23-21(25)22-15)13-12-16-8-4-2-5-9-16/h2-13,18-19H,1,14H2,(H2,22,23,25)/b13-12-/t18-,19-/m1/s1. The maximum absolute atomic E-state index is 12.6. The Bertz CT molecular complexity index is 816. The lowest BCUT2D eigenvalue weighted by atomic mass is 9.93. The van der Waals surface area contributed by atoms with E-state index >= 15 is 0 Å². The van der Waals surface area contributed by atoms with Crippen LogP contribution in [0.4, 0.5) is 4.79 Å². The number of rotatable bonds is 5. The van der Waals surface area contributed by atoms with Crippen molar-refractivity contribution < 1.29 is 14.3 Å². The molecule has 2 aromatic carbocycles. The van der Waals surface area contributed by atoms with Crippen LogP contribution in [-0.2, 0) is 16.1 Å². The third-order valence-electron chi connectivity index (χ3n) is 4.08. The number of nitrogens with one attached hydrogen (secondary N) is 2. The first-order valence-electron chi connectivity index (χ1n) is 8.33. The third-order valence-corrected chi connectivity index (χ3v) is 4.08. The first-order chi connectivity index (χ1) is 12.6. The van der Waals surface area contributed by atoms with Crippen LogP contribution < -0.4 is 10.6 Å². The number of carbonyl (C=O) groups excluding carboxylic acids is 2. The molecule has 0 radical (unpaired) electrons. The number of carbonyl (C=O) groups is 2. The summed E-state index contributed by atoms with van der Waals surface area (Å²) in [7, 11) is 0. The summed E-state index contributed by atoms with van der Waals surface area (Å²) in [6.07, 6.45) is 3.65. The average molecular weight is 348 g/mol. The summed E-state index contributed by atoms with van der Waals surface area (Å²) >= 11 is 0. The second kappa shape index (κ2) is 8.16. The fourth-order valence-electron chi connectivity index (χ4n) is 2.76. The van der Waals surface area contributed by atoms with Crippen LogP contribution in [0, 0.1) is 5.92 Å². The molecule has 0 saturated carbocycles. The van der Waals surface area contributed by atoms with Gasteiger partial charge in [-0.15, -0.1) is 0 Å². The van der Waals surface area contributed by atoms with E-state index < -0.39 is 17.9 Å². The molecule has 1 saturated heterocycles. The van der Waals surface area contributed by atoms with Crippen molar-refractivity contribution in [2.45, 2.75) is 12.6 Å². The number of benzene rings is 2. The van der Waals surface area contributed by atoms with Crippen LogP contribution in [0.15, 0.2) is 79.0 Å². The number of hydrogen-bond donors (Lipinski definition) is 2. The van der Waals surface area contributed by atoms with E-state index in [2.05, 4.69) is 17.2 Å². The van der Waals surface area contributed by atoms with Gasteiger partial charge in [0.2, 0.25) is 0 Å². The molecule has 0 aromatic heterocycles. The molecule has 132 valence electrons. The average Bonchev–Trinajstić information content (AvgIpc) is 2.66. The van der Waals surface area contributed by atoms with Gasteiger partial charge in [-0.1, -0.05) is 79.4 Å². The number of hydrogen-bond acceptors (Lipinski definition) is 3. The van der Waals surface area contributed by atoms with Crippen LogP contribution in [0.5, 0.6) is 0 Å². The zero-order valence-electron chi connectivity index (χ0n) is 14.2. The zero-order valence-corrected chi connectivity index (χ0v) is 14.2. The van der Waals surface area contributed by atoms with Gasteiger partial charge in [0, 0.05) is 5.70 Å². The Kier molecular flexibility index (Phi) is 5.49. The van der Waals surface area contributed by atoms with Crippen molar-refractivity contribution in [1.29, 1.82) is 0 Å². The van der Waals surface area contributed by atoms with Crippen molar-refractivity contribution in [3.05, 3.63) is 90.1 Å². The van der Waals surface area contributed by atoms with E-state index in [0.29, 0.717) is 5.70 Å². The van der Waals surface area contributed by atoms with Gasteiger partial charge in [0.25, 0.3) is 0 Å². The Balaban J connectivity index is 1.72. The maximum Gasteiger partial charge on any atom is 0.319 e. The predicted octanol–water partition coefficient (Wildman–Crippen LogP) is 3.25. The van der Waals surface area contributed by atoms with Gasteiger partial charge in [-0.05, 0) is 11.1 Å². The minimum Gasteiger partial charge on any atom is -0.460 e. The van der Waals surface area contributed by atoms with Crippen LogP contribution in [0.3, 0.4) is 0 Å². The molecule has 0 bridgehead atoms. The molecule has 5 nitrogen and oxygen atoms in total. The third kappa shape index (κ3) is 4.39. The molecule has 1 fully saturated rings. The molecule has 1 aliphatic rings. The van der Waals surface area contributed by atoms with Gasteiger partial charge in [0.05, 0.1) is 6.04 Å². The molecule has 3 rings (SSSR count). The molecule has 0 aliphatic carbocycles. The SMILES string of the molecule is C=C1NC(=O)N[C@H](/C=C\c2ccccc2)[C@@H]1C(=O)OCc1ccccc1. The molecule has 0 unspecified atom stereocenters. The highest BCUT2D eigenvalue weighted by atomic mass is 16.5. The van der Waals surface area contributed by atoms with Gasteiger partial charge in [-0.3, -0.25) is 4.79 Å². The van der Waals surface area contributed by atoms with Crippen LogP contribution >= 0.6 is 0 Å². The molecular weight excluding hydrogens is 328 g/mol. The van der Waals surface area contributed by atoms with Crippen LogP contribution in [-0.4, -0.2) is 18.0 Å². The molecule has 1 aliphatic heterocycles. The molecule has 26 heavy (non-hydrogen) atoms. The lowest BCUT2D eigenvalue weighted by Gasteiger charge is -2.31. The number of urea groups is 1.